The zero-order valence-electron chi connectivity index (χ0n) is 13.7. The number of hydrogen-bond donors (Lipinski definition) is 0. The Hall–Kier alpha value is -1.76. The monoisotopic (exact) mass is 394 g/mol. The molecule has 25 heavy (non-hydrogen) atoms. The summed E-state index contributed by atoms with van der Waals surface area (Å²) < 4.78 is 1.71. The van der Waals surface area contributed by atoms with Crippen LogP contribution in [0.3, 0.4) is 0 Å². The normalized spacial score (nSPS) is 12.3. The number of rotatable bonds is 5. The van der Waals surface area contributed by atoms with Gasteiger partial charge >= 0.3 is 0 Å². The Kier molecular flexibility index (Phi) is 5.51. The van der Waals surface area contributed by atoms with Crippen LogP contribution in [0.25, 0.3) is 5.65 Å². The molecule has 1 aromatic carbocycles. The summed E-state index contributed by atoms with van der Waals surface area (Å²) in [6.45, 7) is 4.39. The highest BCUT2D eigenvalue weighted by atomic mass is 35.5. The number of para-hydroxylation sites is 1. The maximum atomic E-state index is 12.9. The lowest BCUT2D eigenvalue weighted by Crippen LogP contribution is -2.36. The first-order chi connectivity index (χ1) is 12.0. The van der Waals surface area contributed by atoms with E-state index < -0.39 is 0 Å². The van der Waals surface area contributed by atoms with Gasteiger partial charge in [-0.05, 0) is 32.0 Å². The van der Waals surface area contributed by atoms with Gasteiger partial charge in [0.05, 0.1) is 15.3 Å². The van der Waals surface area contributed by atoms with E-state index in [1.807, 2.05) is 44.2 Å². The Balaban J connectivity index is 1.84. The van der Waals surface area contributed by atoms with Gasteiger partial charge in [0, 0.05) is 18.4 Å². The summed E-state index contributed by atoms with van der Waals surface area (Å²) in [6, 6.07) is 11.2. The van der Waals surface area contributed by atoms with Crippen LogP contribution in [0.5, 0.6) is 0 Å². The van der Waals surface area contributed by atoms with Crippen molar-refractivity contribution in [2.24, 2.45) is 0 Å². The third-order valence-corrected chi connectivity index (χ3v) is 5.20. The van der Waals surface area contributed by atoms with Crippen LogP contribution in [0.15, 0.2) is 47.8 Å². The quantitative estimate of drug-likeness (QED) is 0.594. The smallest absolute Gasteiger partial charge is 0.240 e. The van der Waals surface area contributed by atoms with E-state index in [9.17, 15) is 4.79 Å². The van der Waals surface area contributed by atoms with Crippen molar-refractivity contribution in [1.82, 2.24) is 14.6 Å². The zero-order valence-corrected chi connectivity index (χ0v) is 16.0. The molecule has 0 saturated carbocycles. The summed E-state index contributed by atoms with van der Waals surface area (Å²) in [5.74, 6) is 0.00331. The fourth-order valence-electron chi connectivity index (χ4n) is 2.48. The highest BCUT2D eigenvalue weighted by Gasteiger charge is 2.24. The van der Waals surface area contributed by atoms with Crippen LogP contribution in [0.4, 0.5) is 5.69 Å². The van der Waals surface area contributed by atoms with Gasteiger partial charge in [0.25, 0.3) is 0 Å². The van der Waals surface area contributed by atoms with Crippen molar-refractivity contribution in [3.05, 3.63) is 52.6 Å². The standard InChI is InChI=1S/C17H16Cl2N4OS/c1-3-22(13-7-5-4-6-8-13)16(24)11(2)25-17-21-20-15-14(19)9-12(18)10-23(15)17/h4-11H,3H2,1-2H3. The Morgan fingerprint density at radius 1 is 1.28 bits per heavy atom. The minimum Gasteiger partial charge on any atom is -0.312 e. The number of anilines is 1. The molecule has 0 fully saturated rings. The first-order valence-corrected chi connectivity index (χ1v) is 9.37. The van der Waals surface area contributed by atoms with E-state index in [1.165, 1.54) is 11.8 Å². The number of carbonyl (C=O) groups excluding carboxylic acids is 1. The van der Waals surface area contributed by atoms with Crippen molar-refractivity contribution in [3.63, 3.8) is 0 Å². The second kappa shape index (κ2) is 7.64. The second-order valence-electron chi connectivity index (χ2n) is 5.36. The molecule has 1 unspecified atom stereocenters. The predicted octanol–water partition coefficient (Wildman–Crippen LogP) is 4.57. The summed E-state index contributed by atoms with van der Waals surface area (Å²) in [5, 5.41) is 9.35. The van der Waals surface area contributed by atoms with E-state index in [2.05, 4.69) is 10.2 Å². The third-order valence-electron chi connectivity index (χ3n) is 3.68. The second-order valence-corrected chi connectivity index (χ2v) is 7.51. The van der Waals surface area contributed by atoms with Gasteiger partial charge < -0.3 is 4.90 Å². The molecule has 0 aliphatic carbocycles. The molecule has 2 aromatic heterocycles. The maximum absolute atomic E-state index is 12.9. The molecule has 0 radical (unpaired) electrons. The predicted molar refractivity (Wildman–Crippen MR) is 103 cm³/mol. The lowest BCUT2D eigenvalue weighted by atomic mass is 10.2. The van der Waals surface area contributed by atoms with Crippen LogP contribution in [0, 0.1) is 0 Å². The molecule has 5 nitrogen and oxygen atoms in total. The molecule has 130 valence electrons. The van der Waals surface area contributed by atoms with Crippen LogP contribution < -0.4 is 4.90 Å². The Morgan fingerprint density at radius 3 is 2.68 bits per heavy atom. The molecule has 0 saturated heterocycles. The fraction of sp³-hybridized carbons (Fsp3) is 0.235. The molecule has 0 N–H and O–H groups in total. The summed E-state index contributed by atoms with van der Waals surface area (Å²) in [6.07, 6.45) is 1.69. The van der Waals surface area contributed by atoms with Crippen LogP contribution in [-0.4, -0.2) is 32.3 Å². The minimum absolute atomic E-state index is 0.00331. The van der Waals surface area contributed by atoms with Crippen molar-refractivity contribution in [3.8, 4) is 0 Å². The fourth-order valence-corrected chi connectivity index (χ4v) is 3.88. The molecule has 0 bridgehead atoms. The summed E-state index contributed by atoms with van der Waals surface area (Å²) in [7, 11) is 0. The maximum Gasteiger partial charge on any atom is 0.240 e. The molecule has 0 aliphatic heterocycles. The summed E-state index contributed by atoms with van der Waals surface area (Å²) in [4.78, 5) is 14.6. The average molecular weight is 395 g/mol. The lowest BCUT2D eigenvalue weighted by Gasteiger charge is -2.24. The van der Waals surface area contributed by atoms with E-state index in [0.717, 1.165) is 5.69 Å². The van der Waals surface area contributed by atoms with E-state index in [4.69, 9.17) is 23.2 Å². The van der Waals surface area contributed by atoms with Gasteiger partial charge in [-0.15, -0.1) is 10.2 Å². The Labute approximate surface area is 159 Å². The van der Waals surface area contributed by atoms with Crippen LogP contribution >= 0.6 is 35.0 Å². The number of amides is 1. The van der Waals surface area contributed by atoms with Crippen molar-refractivity contribution in [2.45, 2.75) is 24.3 Å². The topological polar surface area (TPSA) is 50.5 Å². The highest BCUT2D eigenvalue weighted by molar-refractivity contribution is 8.00. The molecule has 3 aromatic rings. The van der Waals surface area contributed by atoms with Gasteiger partial charge in [-0.2, -0.15) is 0 Å². The molecule has 0 spiro atoms. The average Bonchev–Trinajstić information content (AvgIpc) is 2.99. The van der Waals surface area contributed by atoms with Gasteiger partial charge in [-0.3, -0.25) is 9.20 Å². The van der Waals surface area contributed by atoms with Gasteiger partial charge in [0.1, 0.15) is 0 Å². The molecule has 1 amide bonds. The molecular weight excluding hydrogens is 379 g/mol. The molecule has 2 heterocycles. The SMILES string of the molecule is CCN(C(=O)C(C)Sc1nnc2c(Cl)cc(Cl)cn12)c1ccccc1. The van der Waals surface area contributed by atoms with Crippen LogP contribution in [0.2, 0.25) is 10.0 Å². The highest BCUT2D eigenvalue weighted by Crippen LogP contribution is 2.29. The van der Waals surface area contributed by atoms with E-state index in [1.54, 1.807) is 21.6 Å². The number of thioether (sulfide) groups is 1. The van der Waals surface area contributed by atoms with Crippen LogP contribution in [-0.2, 0) is 4.79 Å². The molecule has 3 rings (SSSR count). The summed E-state index contributed by atoms with van der Waals surface area (Å²) >= 11 is 13.5. The number of carbonyl (C=O) groups is 1. The van der Waals surface area contributed by atoms with Crippen molar-refractivity contribution >= 4 is 52.2 Å². The van der Waals surface area contributed by atoms with Gasteiger partial charge in [0.15, 0.2) is 10.8 Å². The number of halogens is 2. The summed E-state index contributed by atoms with van der Waals surface area (Å²) in [5.41, 5.74) is 1.39. The first-order valence-electron chi connectivity index (χ1n) is 7.74. The Morgan fingerprint density at radius 2 is 2.00 bits per heavy atom. The largest absolute Gasteiger partial charge is 0.312 e. The lowest BCUT2D eigenvalue weighted by molar-refractivity contribution is -0.117. The van der Waals surface area contributed by atoms with Crippen molar-refractivity contribution in [2.75, 3.05) is 11.4 Å². The van der Waals surface area contributed by atoms with Gasteiger partial charge in [-0.1, -0.05) is 53.2 Å². The zero-order chi connectivity index (χ0) is 18.0. The molecule has 8 heteroatoms. The number of fused-ring (bicyclic) bond motifs is 1. The van der Waals surface area contributed by atoms with E-state index in [-0.39, 0.29) is 11.2 Å². The van der Waals surface area contributed by atoms with Gasteiger partial charge in [-0.25, -0.2) is 0 Å². The molecule has 1 atom stereocenters. The molecule has 0 aliphatic rings. The first kappa shape index (κ1) is 18.0. The number of aromatic nitrogens is 3. The van der Waals surface area contributed by atoms with Crippen molar-refractivity contribution in [1.29, 1.82) is 0 Å². The van der Waals surface area contributed by atoms with Crippen molar-refractivity contribution < 1.29 is 4.79 Å². The number of pyridine rings is 1. The minimum atomic E-state index is -0.342. The Bertz CT molecular complexity index is 900. The number of hydrogen-bond acceptors (Lipinski definition) is 4. The van der Waals surface area contributed by atoms with E-state index in [0.29, 0.717) is 27.4 Å². The number of benzene rings is 1. The van der Waals surface area contributed by atoms with Gasteiger partial charge in [0.2, 0.25) is 5.91 Å². The molecular formula is C17H16Cl2N4OS. The number of nitrogens with zero attached hydrogens (tertiary/aromatic N) is 4. The third kappa shape index (κ3) is 3.76. The van der Waals surface area contributed by atoms with Crippen LogP contribution in [0.1, 0.15) is 13.8 Å². The van der Waals surface area contributed by atoms with E-state index >= 15 is 0 Å².